The topological polar surface area (TPSA) is 53.6 Å². The van der Waals surface area contributed by atoms with Crippen molar-refractivity contribution < 1.29 is 0 Å². The van der Waals surface area contributed by atoms with Gasteiger partial charge < -0.3 is 16.0 Å². The lowest BCUT2D eigenvalue weighted by atomic mass is 10.1. The van der Waals surface area contributed by atoms with Gasteiger partial charge in [0.2, 0.25) is 0 Å². The summed E-state index contributed by atoms with van der Waals surface area (Å²) in [6.07, 6.45) is 4.08. The Morgan fingerprint density at radius 2 is 2.00 bits per heavy atom. The van der Waals surface area contributed by atoms with Crippen molar-refractivity contribution in [2.24, 2.45) is 16.6 Å². The molecule has 3 N–H and O–H groups in total. The highest BCUT2D eigenvalue weighted by atomic mass is 15.2. The van der Waals surface area contributed by atoms with Crippen molar-refractivity contribution in [2.75, 3.05) is 32.7 Å². The summed E-state index contributed by atoms with van der Waals surface area (Å²) in [5.41, 5.74) is 5.76. The van der Waals surface area contributed by atoms with Crippen molar-refractivity contribution in [3.63, 3.8) is 0 Å². The van der Waals surface area contributed by atoms with Crippen LogP contribution in [0.1, 0.15) is 33.1 Å². The zero-order valence-electron chi connectivity index (χ0n) is 10.7. The molecule has 0 radical (unpaired) electrons. The zero-order chi connectivity index (χ0) is 11.8. The minimum atomic E-state index is 0.572. The summed E-state index contributed by atoms with van der Waals surface area (Å²) in [6, 6.07) is 0. The maximum absolute atomic E-state index is 5.76. The Balaban J connectivity index is 2.07. The lowest BCUT2D eigenvalue weighted by molar-refractivity contribution is 0.232. The Kier molecular flexibility index (Phi) is 6.23. The largest absolute Gasteiger partial charge is 0.370 e. The van der Waals surface area contributed by atoms with Crippen molar-refractivity contribution in [3.8, 4) is 0 Å². The molecular weight excluding hydrogens is 200 g/mol. The van der Waals surface area contributed by atoms with Gasteiger partial charge >= 0.3 is 0 Å². The highest BCUT2D eigenvalue weighted by molar-refractivity contribution is 5.77. The summed E-state index contributed by atoms with van der Waals surface area (Å²) in [7, 11) is 0. The van der Waals surface area contributed by atoms with Gasteiger partial charge in [0.1, 0.15) is 0 Å². The van der Waals surface area contributed by atoms with Crippen molar-refractivity contribution in [2.45, 2.75) is 33.1 Å². The predicted molar refractivity (Wildman–Crippen MR) is 69.6 cm³/mol. The first-order valence-electron chi connectivity index (χ1n) is 6.44. The smallest absolute Gasteiger partial charge is 0.188 e. The Morgan fingerprint density at radius 1 is 1.31 bits per heavy atom. The van der Waals surface area contributed by atoms with Gasteiger partial charge in [-0.05, 0) is 31.8 Å². The van der Waals surface area contributed by atoms with E-state index in [2.05, 4.69) is 29.1 Å². The molecule has 1 fully saturated rings. The fraction of sp³-hybridized carbons (Fsp3) is 0.917. The minimum Gasteiger partial charge on any atom is -0.370 e. The van der Waals surface area contributed by atoms with E-state index >= 15 is 0 Å². The molecule has 4 nitrogen and oxygen atoms in total. The monoisotopic (exact) mass is 226 g/mol. The van der Waals surface area contributed by atoms with Gasteiger partial charge in [-0.3, -0.25) is 4.99 Å². The van der Waals surface area contributed by atoms with Gasteiger partial charge in [-0.1, -0.05) is 20.3 Å². The molecule has 0 atom stereocenters. The number of hydrogen-bond donors (Lipinski definition) is 2. The Hall–Kier alpha value is -0.770. The highest BCUT2D eigenvalue weighted by Crippen LogP contribution is 2.07. The van der Waals surface area contributed by atoms with Crippen LogP contribution in [-0.2, 0) is 0 Å². The number of likely N-dealkylation sites (tertiary alicyclic amines) is 1. The van der Waals surface area contributed by atoms with Crippen molar-refractivity contribution >= 4 is 5.96 Å². The first-order chi connectivity index (χ1) is 7.68. The van der Waals surface area contributed by atoms with E-state index in [4.69, 9.17) is 5.73 Å². The molecule has 1 heterocycles. The van der Waals surface area contributed by atoms with Crippen molar-refractivity contribution in [3.05, 3.63) is 0 Å². The van der Waals surface area contributed by atoms with Gasteiger partial charge in [-0.2, -0.15) is 0 Å². The Labute approximate surface area is 99.3 Å². The fourth-order valence-electron chi connectivity index (χ4n) is 1.86. The number of aliphatic imine (C=N–C) groups is 1. The summed E-state index contributed by atoms with van der Waals surface area (Å²) < 4.78 is 0. The van der Waals surface area contributed by atoms with Crippen LogP contribution in [0.15, 0.2) is 4.99 Å². The molecule has 0 spiro atoms. The van der Waals surface area contributed by atoms with Crippen LogP contribution in [0.4, 0.5) is 0 Å². The third kappa shape index (κ3) is 5.95. The Bertz CT molecular complexity index is 207. The van der Waals surface area contributed by atoms with E-state index in [0.717, 1.165) is 19.6 Å². The van der Waals surface area contributed by atoms with Crippen LogP contribution < -0.4 is 11.1 Å². The molecule has 0 aromatic heterocycles. The molecule has 0 unspecified atom stereocenters. The number of nitrogens with two attached hydrogens (primary N) is 1. The minimum absolute atomic E-state index is 0.572. The van der Waals surface area contributed by atoms with Crippen LogP contribution in [0.5, 0.6) is 0 Å². The average molecular weight is 226 g/mol. The van der Waals surface area contributed by atoms with E-state index in [1.807, 2.05) is 0 Å². The van der Waals surface area contributed by atoms with E-state index in [9.17, 15) is 0 Å². The normalized spacial score (nSPS) is 19.1. The number of guanidine groups is 1. The summed E-state index contributed by atoms with van der Waals surface area (Å²) in [5.74, 6) is 1.16. The second-order valence-corrected chi connectivity index (χ2v) is 4.95. The summed E-state index contributed by atoms with van der Waals surface area (Å²) >= 11 is 0. The lowest BCUT2D eigenvalue weighted by Gasteiger charge is -2.26. The third-order valence-corrected chi connectivity index (χ3v) is 2.81. The standard InChI is InChI=1S/C12H26N4/c1-11(2)10-15-12(13)14-6-9-16-7-4-3-5-8-16/h11H,3-10H2,1-2H3,(H3,13,14,15). The number of nitrogens with one attached hydrogen (secondary N) is 1. The number of piperidine rings is 1. The maximum atomic E-state index is 5.76. The summed E-state index contributed by atoms with van der Waals surface area (Å²) in [6.45, 7) is 9.57. The molecule has 1 saturated heterocycles. The highest BCUT2D eigenvalue weighted by Gasteiger charge is 2.08. The summed E-state index contributed by atoms with van der Waals surface area (Å²) in [4.78, 5) is 6.76. The first-order valence-corrected chi connectivity index (χ1v) is 6.44. The van der Waals surface area contributed by atoms with E-state index < -0.39 is 0 Å². The zero-order valence-corrected chi connectivity index (χ0v) is 10.7. The lowest BCUT2D eigenvalue weighted by Crippen LogP contribution is -2.40. The summed E-state index contributed by atoms with van der Waals surface area (Å²) in [5, 5.41) is 3.17. The van der Waals surface area contributed by atoms with Crippen molar-refractivity contribution in [1.82, 2.24) is 10.2 Å². The molecule has 0 aliphatic carbocycles. The molecule has 4 heteroatoms. The van der Waals surface area contributed by atoms with Crippen LogP contribution in [-0.4, -0.2) is 43.6 Å². The van der Waals surface area contributed by atoms with Gasteiger partial charge in [-0.25, -0.2) is 0 Å². The van der Waals surface area contributed by atoms with Crippen molar-refractivity contribution in [1.29, 1.82) is 0 Å². The fourth-order valence-corrected chi connectivity index (χ4v) is 1.86. The van der Waals surface area contributed by atoms with Gasteiger partial charge in [-0.15, -0.1) is 0 Å². The average Bonchev–Trinajstić information content (AvgIpc) is 2.28. The molecule has 0 aromatic carbocycles. The Morgan fingerprint density at radius 3 is 2.62 bits per heavy atom. The number of nitrogens with zero attached hydrogens (tertiary/aromatic N) is 2. The second-order valence-electron chi connectivity index (χ2n) is 4.95. The van der Waals surface area contributed by atoms with Crippen LogP contribution in [0.2, 0.25) is 0 Å². The van der Waals surface area contributed by atoms with Gasteiger partial charge in [0.15, 0.2) is 5.96 Å². The SMILES string of the molecule is CC(C)CN=C(N)NCCN1CCCCC1. The van der Waals surface area contributed by atoms with E-state index in [1.165, 1.54) is 32.4 Å². The van der Waals surface area contributed by atoms with Gasteiger partial charge in [0.05, 0.1) is 0 Å². The van der Waals surface area contributed by atoms with Crippen LogP contribution in [0.3, 0.4) is 0 Å². The third-order valence-electron chi connectivity index (χ3n) is 2.81. The number of rotatable bonds is 5. The number of hydrogen-bond acceptors (Lipinski definition) is 2. The van der Waals surface area contributed by atoms with Crippen LogP contribution in [0.25, 0.3) is 0 Å². The van der Waals surface area contributed by atoms with Crippen LogP contribution >= 0.6 is 0 Å². The quantitative estimate of drug-likeness (QED) is 0.544. The molecule has 16 heavy (non-hydrogen) atoms. The molecule has 0 saturated carbocycles. The first kappa shape index (κ1) is 13.3. The van der Waals surface area contributed by atoms with Crippen LogP contribution in [0, 0.1) is 5.92 Å². The van der Waals surface area contributed by atoms with E-state index in [1.54, 1.807) is 0 Å². The molecule has 1 rings (SSSR count). The van der Waals surface area contributed by atoms with E-state index in [-0.39, 0.29) is 0 Å². The second kappa shape index (κ2) is 7.49. The molecule has 1 aliphatic rings. The molecule has 0 aromatic rings. The molecule has 0 bridgehead atoms. The van der Waals surface area contributed by atoms with Gasteiger partial charge in [0.25, 0.3) is 0 Å². The predicted octanol–water partition coefficient (Wildman–Crippen LogP) is 1.03. The molecular formula is C12H26N4. The van der Waals surface area contributed by atoms with E-state index in [0.29, 0.717) is 11.9 Å². The molecule has 94 valence electrons. The maximum Gasteiger partial charge on any atom is 0.188 e. The van der Waals surface area contributed by atoms with Gasteiger partial charge in [0, 0.05) is 19.6 Å². The molecule has 0 amide bonds. The molecule has 1 aliphatic heterocycles.